The molecular formula is C24H24N2O6S. The summed E-state index contributed by atoms with van der Waals surface area (Å²) in [4.78, 5) is 26.0. The molecule has 1 fully saturated rings. The zero-order chi connectivity index (χ0) is 23.6. The Morgan fingerprint density at radius 3 is 2.39 bits per heavy atom. The van der Waals surface area contributed by atoms with E-state index in [-0.39, 0.29) is 22.6 Å². The van der Waals surface area contributed by atoms with Gasteiger partial charge in [-0.05, 0) is 42.3 Å². The van der Waals surface area contributed by atoms with Crippen LogP contribution in [0.3, 0.4) is 0 Å². The second-order valence-corrected chi connectivity index (χ2v) is 10.0. The molecular weight excluding hydrogens is 444 g/mol. The Morgan fingerprint density at radius 2 is 1.79 bits per heavy atom. The van der Waals surface area contributed by atoms with Gasteiger partial charge in [0.2, 0.25) is 0 Å². The molecule has 0 spiro atoms. The number of sulfone groups is 1. The largest absolute Gasteiger partial charge is 0.488 e. The Labute approximate surface area is 191 Å². The van der Waals surface area contributed by atoms with E-state index in [2.05, 4.69) is 0 Å². The summed E-state index contributed by atoms with van der Waals surface area (Å²) in [5, 5.41) is 9.60. The molecule has 0 bridgehead atoms. The molecule has 9 heteroatoms. The molecule has 8 nitrogen and oxygen atoms in total. The molecule has 1 aliphatic heterocycles. The summed E-state index contributed by atoms with van der Waals surface area (Å²) in [6, 6.07) is 18.3. The van der Waals surface area contributed by atoms with Crippen molar-refractivity contribution in [2.24, 2.45) is 0 Å². The number of amides is 1. The molecule has 2 heterocycles. The number of carbonyl (C=O) groups is 1. The van der Waals surface area contributed by atoms with E-state index in [9.17, 15) is 23.1 Å². The lowest BCUT2D eigenvalue weighted by Gasteiger charge is -2.26. The number of aromatic nitrogens is 1. The fourth-order valence-electron chi connectivity index (χ4n) is 4.07. The van der Waals surface area contributed by atoms with Gasteiger partial charge in [-0.1, -0.05) is 30.3 Å². The third-order valence-corrected chi connectivity index (χ3v) is 6.87. The Kier molecular flexibility index (Phi) is 6.24. The minimum Gasteiger partial charge on any atom is -0.488 e. The molecule has 2 unspecified atom stereocenters. The maximum absolute atomic E-state index is 12.7. The molecule has 33 heavy (non-hydrogen) atoms. The van der Waals surface area contributed by atoms with Gasteiger partial charge in [-0.3, -0.25) is 9.36 Å². The van der Waals surface area contributed by atoms with Crippen LogP contribution in [-0.4, -0.2) is 54.0 Å². The molecule has 2 atom stereocenters. The molecule has 0 aliphatic carbocycles. The Balaban J connectivity index is 1.54. The molecule has 3 aromatic rings. The zero-order valence-electron chi connectivity index (χ0n) is 18.0. The molecule has 1 aromatic heterocycles. The number of carboxylic acid groups (broad SMARTS) is 1. The number of benzene rings is 2. The van der Waals surface area contributed by atoms with Crippen LogP contribution in [0.5, 0.6) is 5.75 Å². The normalized spacial score (nSPS) is 18.3. The molecule has 1 saturated heterocycles. The summed E-state index contributed by atoms with van der Waals surface area (Å²) in [5.74, 6) is 0.360. The fraction of sp³-hybridized carbons (Fsp3) is 0.250. The van der Waals surface area contributed by atoms with E-state index in [1.807, 2.05) is 30.3 Å². The number of pyridine rings is 1. The molecule has 1 aliphatic rings. The summed E-state index contributed by atoms with van der Waals surface area (Å²) < 4.78 is 30.7. The number of ether oxygens (including phenoxy) is 1. The molecule has 172 valence electrons. The monoisotopic (exact) mass is 468 g/mol. The standard InChI is InChI=1S/C24H24N2O6S/c1-33(30,31)20-9-7-18(8-10-20)25-13-11-19(16-23(25)27)32-22-12-14-26(24(28)29)21(22)15-17-5-3-2-4-6-17/h2-11,13,16,21-22H,12,14-15H2,1H3,(H,28,29). The van der Waals surface area contributed by atoms with E-state index in [1.54, 1.807) is 24.4 Å². The van der Waals surface area contributed by atoms with Crippen LogP contribution in [0.4, 0.5) is 4.79 Å². The predicted molar refractivity (Wildman–Crippen MR) is 123 cm³/mol. The lowest BCUT2D eigenvalue weighted by molar-refractivity contribution is 0.111. The first-order valence-electron chi connectivity index (χ1n) is 10.5. The Bertz CT molecular complexity index is 1300. The van der Waals surface area contributed by atoms with Crippen molar-refractivity contribution in [1.82, 2.24) is 9.47 Å². The minimum absolute atomic E-state index is 0.174. The van der Waals surface area contributed by atoms with E-state index in [0.717, 1.165) is 11.8 Å². The van der Waals surface area contributed by atoms with E-state index in [0.29, 0.717) is 30.8 Å². The van der Waals surface area contributed by atoms with Crippen molar-refractivity contribution < 1.29 is 23.1 Å². The van der Waals surface area contributed by atoms with E-state index < -0.39 is 15.9 Å². The van der Waals surface area contributed by atoms with Crippen molar-refractivity contribution in [3.63, 3.8) is 0 Å². The van der Waals surface area contributed by atoms with Crippen LogP contribution in [0.2, 0.25) is 0 Å². The smallest absolute Gasteiger partial charge is 0.407 e. The van der Waals surface area contributed by atoms with Gasteiger partial charge in [0.05, 0.1) is 10.9 Å². The predicted octanol–water partition coefficient (Wildman–Crippen LogP) is 2.98. The van der Waals surface area contributed by atoms with E-state index in [1.165, 1.54) is 27.7 Å². The summed E-state index contributed by atoms with van der Waals surface area (Å²) in [6.07, 6.45) is 2.35. The van der Waals surface area contributed by atoms with Gasteiger partial charge in [-0.15, -0.1) is 0 Å². The quantitative estimate of drug-likeness (QED) is 0.596. The van der Waals surface area contributed by atoms with Crippen molar-refractivity contribution in [2.45, 2.75) is 29.9 Å². The van der Waals surface area contributed by atoms with Crippen LogP contribution in [-0.2, 0) is 16.3 Å². The van der Waals surface area contributed by atoms with Crippen molar-refractivity contribution >= 4 is 15.9 Å². The average molecular weight is 469 g/mol. The summed E-state index contributed by atoms with van der Waals surface area (Å²) in [7, 11) is -3.32. The van der Waals surface area contributed by atoms with Gasteiger partial charge in [0.1, 0.15) is 11.9 Å². The number of hydrogen-bond donors (Lipinski definition) is 1. The van der Waals surface area contributed by atoms with E-state index >= 15 is 0 Å². The third kappa shape index (κ3) is 5.09. The first-order chi connectivity index (χ1) is 15.7. The third-order valence-electron chi connectivity index (χ3n) is 5.74. The maximum Gasteiger partial charge on any atom is 0.407 e. The highest BCUT2D eigenvalue weighted by atomic mass is 32.2. The summed E-state index contributed by atoms with van der Waals surface area (Å²) in [5.41, 5.74) is 1.20. The lowest BCUT2D eigenvalue weighted by atomic mass is 10.0. The van der Waals surface area contributed by atoms with Gasteiger partial charge >= 0.3 is 6.09 Å². The lowest BCUT2D eigenvalue weighted by Crippen LogP contribution is -2.42. The number of hydrogen-bond acceptors (Lipinski definition) is 5. The Hall–Kier alpha value is -3.59. The number of nitrogens with zero attached hydrogens (tertiary/aromatic N) is 2. The van der Waals surface area contributed by atoms with Crippen LogP contribution in [0.15, 0.2) is 82.6 Å². The molecule has 1 N–H and O–H groups in total. The average Bonchev–Trinajstić information content (AvgIpc) is 3.16. The Morgan fingerprint density at radius 1 is 1.09 bits per heavy atom. The number of rotatable bonds is 6. The van der Waals surface area contributed by atoms with E-state index in [4.69, 9.17) is 4.74 Å². The van der Waals surface area contributed by atoms with Gasteiger partial charge in [-0.25, -0.2) is 13.2 Å². The van der Waals surface area contributed by atoms with Gasteiger partial charge in [-0.2, -0.15) is 0 Å². The minimum atomic E-state index is -3.32. The molecule has 4 rings (SSSR count). The van der Waals surface area contributed by atoms with Crippen LogP contribution >= 0.6 is 0 Å². The van der Waals surface area contributed by atoms with Gasteiger partial charge in [0.25, 0.3) is 5.56 Å². The SMILES string of the molecule is CS(=O)(=O)c1ccc(-n2ccc(OC3CCN(C(=O)O)C3Cc3ccccc3)cc2=O)cc1. The van der Waals surface area contributed by atoms with Crippen molar-refractivity contribution in [3.8, 4) is 11.4 Å². The summed E-state index contributed by atoms with van der Waals surface area (Å²) in [6.45, 7) is 0.362. The topological polar surface area (TPSA) is 106 Å². The molecule has 0 radical (unpaired) electrons. The highest BCUT2D eigenvalue weighted by Crippen LogP contribution is 2.26. The van der Waals surface area contributed by atoms with Gasteiger partial charge in [0, 0.05) is 37.2 Å². The van der Waals surface area contributed by atoms with Crippen molar-refractivity contribution in [1.29, 1.82) is 0 Å². The molecule has 1 amide bonds. The van der Waals surface area contributed by atoms with Crippen molar-refractivity contribution in [2.75, 3.05) is 12.8 Å². The zero-order valence-corrected chi connectivity index (χ0v) is 18.8. The maximum atomic E-state index is 12.7. The fourth-order valence-corrected chi connectivity index (χ4v) is 4.70. The first-order valence-corrected chi connectivity index (χ1v) is 12.3. The van der Waals surface area contributed by atoms with Crippen LogP contribution < -0.4 is 10.3 Å². The molecule has 0 saturated carbocycles. The van der Waals surface area contributed by atoms with Gasteiger partial charge < -0.3 is 14.7 Å². The van der Waals surface area contributed by atoms with Crippen LogP contribution in [0.25, 0.3) is 5.69 Å². The highest BCUT2D eigenvalue weighted by Gasteiger charge is 2.38. The first kappa shape index (κ1) is 22.6. The van der Waals surface area contributed by atoms with Crippen LogP contribution in [0.1, 0.15) is 12.0 Å². The molecule has 2 aromatic carbocycles. The number of likely N-dealkylation sites (tertiary alicyclic amines) is 1. The van der Waals surface area contributed by atoms with Crippen molar-refractivity contribution in [3.05, 3.63) is 88.8 Å². The van der Waals surface area contributed by atoms with Crippen LogP contribution in [0, 0.1) is 0 Å². The second-order valence-electron chi connectivity index (χ2n) is 8.01. The van der Waals surface area contributed by atoms with Gasteiger partial charge in [0.15, 0.2) is 9.84 Å². The highest BCUT2D eigenvalue weighted by molar-refractivity contribution is 7.90. The summed E-state index contributed by atoms with van der Waals surface area (Å²) >= 11 is 0. The second kappa shape index (κ2) is 9.11.